The van der Waals surface area contributed by atoms with E-state index in [0.29, 0.717) is 13.1 Å². The Morgan fingerprint density at radius 3 is 2.62 bits per heavy atom. The minimum Gasteiger partial charge on any atom is -0.462 e. The molecule has 1 unspecified atom stereocenters. The summed E-state index contributed by atoms with van der Waals surface area (Å²) < 4.78 is 5.55. The van der Waals surface area contributed by atoms with Gasteiger partial charge in [0.05, 0.1) is 12.8 Å². The third kappa shape index (κ3) is 6.25. The first-order valence-electron chi connectivity index (χ1n) is 10.1. The molecular weight excluding hydrogens is 390 g/mol. The van der Waals surface area contributed by atoms with Crippen molar-refractivity contribution in [3.63, 3.8) is 0 Å². The molecule has 2 amide bonds. The lowest BCUT2D eigenvalue weighted by atomic mass is 9.98. The molecule has 29 heavy (non-hydrogen) atoms. The molecule has 1 aliphatic heterocycles. The van der Waals surface area contributed by atoms with Crippen LogP contribution in [0.15, 0.2) is 30.3 Å². The highest BCUT2D eigenvalue weighted by Gasteiger charge is 2.34. The second kappa shape index (κ2) is 10.3. The molecule has 1 aromatic rings. The minimum absolute atomic E-state index is 0.0612. The van der Waals surface area contributed by atoms with Gasteiger partial charge in [0.15, 0.2) is 5.11 Å². The maximum absolute atomic E-state index is 12.4. The van der Waals surface area contributed by atoms with Crippen molar-refractivity contribution < 1.29 is 19.1 Å². The van der Waals surface area contributed by atoms with Gasteiger partial charge in [-0.05, 0) is 43.5 Å². The number of nitrogens with one attached hydrogen (secondary N) is 2. The maximum Gasteiger partial charge on any atom is 0.308 e. The summed E-state index contributed by atoms with van der Waals surface area (Å²) in [6.45, 7) is 0.833. The lowest BCUT2D eigenvalue weighted by Gasteiger charge is -2.36. The highest BCUT2D eigenvalue weighted by Crippen LogP contribution is 2.21. The van der Waals surface area contributed by atoms with Crippen LogP contribution in [0.4, 0.5) is 0 Å². The summed E-state index contributed by atoms with van der Waals surface area (Å²) in [5.74, 6) is -0.936. The van der Waals surface area contributed by atoms with Crippen molar-refractivity contribution in [2.75, 3.05) is 13.1 Å². The first kappa shape index (κ1) is 21.2. The fourth-order valence-corrected chi connectivity index (χ4v) is 4.08. The molecule has 3 rings (SSSR count). The smallest absolute Gasteiger partial charge is 0.308 e. The number of hydrogen-bond acceptors (Lipinski definition) is 5. The van der Waals surface area contributed by atoms with E-state index in [2.05, 4.69) is 10.6 Å². The molecule has 1 saturated heterocycles. The molecule has 1 heterocycles. The number of ether oxygens (including phenoxy) is 1. The number of carbonyl (C=O) groups excluding carboxylic acids is 3. The molecular formula is C21H27N3O4S. The van der Waals surface area contributed by atoms with Crippen molar-refractivity contribution in [3.05, 3.63) is 35.9 Å². The number of benzene rings is 1. The van der Waals surface area contributed by atoms with E-state index in [4.69, 9.17) is 17.0 Å². The first-order valence-corrected chi connectivity index (χ1v) is 10.6. The summed E-state index contributed by atoms with van der Waals surface area (Å²) in [6.07, 6.45) is 5.09. The van der Waals surface area contributed by atoms with Gasteiger partial charge in [0.1, 0.15) is 12.1 Å². The number of thiocarbonyl (C=S) groups is 1. The standard InChI is InChI=1S/C21H27N3O4S/c25-18(13-15-7-3-1-4-8-15)23-21(29)24-12-11-22-20(27)17(24)14-19(26)28-16-9-5-2-6-10-16/h1,3-4,7-8,16-17H,2,5-6,9-14H2,(H,22,27)(H,23,25,29). The molecule has 156 valence electrons. The Morgan fingerprint density at radius 2 is 1.90 bits per heavy atom. The fourth-order valence-electron chi connectivity index (χ4n) is 3.75. The Labute approximate surface area is 176 Å². The van der Waals surface area contributed by atoms with E-state index in [9.17, 15) is 14.4 Å². The van der Waals surface area contributed by atoms with E-state index in [-0.39, 0.29) is 35.9 Å². The van der Waals surface area contributed by atoms with Crippen LogP contribution in [0.25, 0.3) is 0 Å². The summed E-state index contributed by atoms with van der Waals surface area (Å²) in [7, 11) is 0. The first-order chi connectivity index (χ1) is 14.0. The zero-order valence-corrected chi connectivity index (χ0v) is 17.2. The molecule has 0 spiro atoms. The van der Waals surface area contributed by atoms with Gasteiger partial charge in [0.25, 0.3) is 0 Å². The van der Waals surface area contributed by atoms with Crippen molar-refractivity contribution in [2.24, 2.45) is 0 Å². The number of piperazine rings is 1. The topological polar surface area (TPSA) is 87.7 Å². The van der Waals surface area contributed by atoms with Crippen molar-refractivity contribution in [3.8, 4) is 0 Å². The molecule has 1 atom stereocenters. The van der Waals surface area contributed by atoms with Gasteiger partial charge in [-0.15, -0.1) is 0 Å². The van der Waals surface area contributed by atoms with E-state index in [0.717, 1.165) is 31.2 Å². The number of carbonyl (C=O) groups is 3. The molecule has 2 N–H and O–H groups in total. The summed E-state index contributed by atoms with van der Waals surface area (Å²) in [5.41, 5.74) is 0.872. The zero-order chi connectivity index (χ0) is 20.6. The number of hydrogen-bond donors (Lipinski definition) is 2. The number of rotatable bonds is 5. The van der Waals surface area contributed by atoms with Gasteiger partial charge in [0.2, 0.25) is 11.8 Å². The highest BCUT2D eigenvalue weighted by atomic mass is 32.1. The maximum atomic E-state index is 12.4. The average molecular weight is 418 g/mol. The van der Waals surface area contributed by atoms with Crippen molar-refractivity contribution in [1.29, 1.82) is 0 Å². The van der Waals surface area contributed by atoms with Gasteiger partial charge in [0, 0.05) is 13.1 Å². The summed E-state index contributed by atoms with van der Waals surface area (Å²) in [6, 6.07) is 8.56. The van der Waals surface area contributed by atoms with Crippen LogP contribution < -0.4 is 10.6 Å². The Hall–Kier alpha value is -2.48. The second-order valence-electron chi connectivity index (χ2n) is 7.47. The molecule has 1 saturated carbocycles. The number of nitrogens with zero attached hydrogens (tertiary/aromatic N) is 1. The molecule has 8 heteroatoms. The van der Waals surface area contributed by atoms with Gasteiger partial charge in [-0.3, -0.25) is 14.4 Å². The lowest BCUT2D eigenvalue weighted by molar-refractivity contribution is -0.153. The Morgan fingerprint density at radius 1 is 1.17 bits per heavy atom. The van der Waals surface area contributed by atoms with Crippen LogP contribution in [0.5, 0.6) is 0 Å². The number of amides is 2. The predicted molar refractivity (Wildman–Crippen MR) is 112 cm³/mol. The Bertz CT molecular complexity index is 750. The van der Waals surface area contributed by atoms with E-state index >= 15 is 0 Å². The molecule has 2 fully saturated rings. The van der Waals surface area contributed by atoms with Gasteiger partial charge >= 0.3 is 5.97 Å². The van der Waals surface area contributed by atoms with E-state index < -0.39 is 12.0 Å². The normalized spacial score (nSPS) is 19.9. The third-order valence-electron chi connectivity index (χ3n) is 5.26. The quantitative estimate of drug-likeness (QED) is 0.560. The molecule has 1 aromatic carbocycles. The van der Waals surface area contributed by atoms with Gasteiger partial charge in [-0.1, -0.05) is 36.8 Å². The van der Waals surface area contributed by atoms with Crippen LogP contribution in [0.1, 0.15) is 44.1 Å². The molecule has 2 aliphatic rings. The predicted octanol–water partition coefficient (Wildman–Crippen LogP) is 1.70. The van der Waals surface area contributed by atoms with E-state index in [1.807, 2.05) is 30.3 Å². The largest absolute Gasteiger partial charge is 0.462 e. The van der Waals surface area contributed by atoms with Crippen LogP contribution in [0.3, 0.4) is 0 Å². The third-order valence-corrected chi connectivity index (χ3v) is 5.59. The van der Waals surface area contributed by atoms with Crippen LogP contribution in [-0.2, 0) is 25.5 Å². The number of esters is 1. The molecule has 0 aromatic heterocycles. The van der Waals surface area contributed by atoms with Gasteiger partial charge in [-0.25, -0.2) is 0 Å². The van der Waals surface area contributed by atoms with Gasteiger partial charge < -0.3 is 20.3 Å². The fraction of sp³-hybridized carbons (Fsp3) is 0.524. The van der Waals surface area contributed by atoms with E-state index in [1.165, 1.54) is 6.42 Å². The van der Waals surface area contributed by atoms with Crippen LogP contribution in [0, 0.1) is 0 Å². The monoisotopic (exact) mass is 417 g/mol. The average Bonchev–Trinajstić information content (AvgIpc) is 2.71. The molecule has 0 radical (unpaired) electrons. The molecule has 0 bridgehead atoms. The van der Waals surface area contributed by atoms with Gasteiger partial charge in [-0.2, -0.15) is 0 Å². The SMILES string of the molecule is O=C(Cc1ccccc1)NC(=S)N1CCNC(=O)C1CC(=O)OC1CCCCC1. The summed E-state index contributed by atoms with van der Waals surface area (Å²) >= 11 is 5.37. The van der Waals surface area contributed by atoms with E-state index in [1.54, 1.807) is 4.90 Å². The minimum atomic E-state index is -0.774. The van der Waals surface area contributed by atoms with Crippen LogP contribution in [-0.4, -0.2) is 53.0 Å². The van der Waals surface area contributed by atoms with Crippen molar-refractivity contribution >= 4 is 35.1 Å². The van der Waals surface area contributed by atoms with Crippen LogP contribution in [0.2, 0.25) is 0 Å². The lowest BCUT2D eigenvalue weighted by Crippen LogP contribution is -2.60. The summed E-state index contributed by atoms with van der Waals surface area (Å²) in [5, 5.41) is 5.61. The Balaban J connectivity index is 1.56. The Kier molecular flexibility index (Phi) is 7.57. The van der Waals surface area contributed by atoms with Crippen molar-refractivity contribution in [1.82, 2.24) is 15.5 Å². The second-order valence-corrected chi connectivity index (χ2v) is 7.86. The molecule has 1 aliphatic carbocycles. The highest BCUT2D eigenvalue weighted by molar-refractivity contribution is 7.80. The summed E-state index contributed by atoms with van der Waals surface area (Å²) in [4.78, 5) is 38.7. The van der Waals surface area contributed by atoms with Crippen molar-refractivity contribution in [2.45, 2.75) is 57.1 Å². The van der Waals surface area contributed by atoms with Crippen LogP contribution >= 0.6 is 12.2 Å². The molecule has 7 nitrogen and oxygen atoms in total. The zero-order valence-electron chi connectivity index (χ0n) is 16.4.